The Morgan fingerprint density at radius 3 is 2.00 bits per heavy atom. The maximum atomic E-state index is 11.9. The highest BCUT2D eigenvalue weighted by Crippen LogP contribution is 2.28. The molecule has 0 aromatic heterocycles. The smallest absolute Gasteiger partial charge is 0.458 e. The molecular weight excluding hydrogens is 197 g/mol. The van der Waals surface area contributed by atoms with E-state index in [-0.39, 0.29) is 0 Å². The summed E-state index contributed by atoms with van der Waals surface area (Å²) in [7, 11) is 0. The molecule has 0 aromatic carbocycles. The van der Waals surface area contributed by atoms with Crippen molar-refractivity contribution in [2.24, 2.45) is 0 Å². The van der Waals surface area contributed by atoms with E-state index >= 15 is 0 Å². The molecule has 0 aromatic rings. The molecule has 76 valence electrons. The Bertz CT molecular complexity index is 212. The highest BCUT2D eigenvalue weighted by Gasteiger charge is 2.55. The highest BCUT2D eigenvalue weighted by molar-refractivity contribution is 5.80. The van der Waals surface area contributed by atoms with Crippen LogP contribution in [0.25, 0.3) is 0 Å². The summed E-state index contributed by atoms with van der Waals surface area (Å²) in [6, 6.07) is 0. The third kappa shape index (κ3) is 3.18. The second-order valence-corrected chi connectivity index (χ2v) is 1.97. The van der Waals surface area contributed by atoms with Crippen molar-refractivity contribution in [3.05, 3.63) is 0 Å². The van der Waals surface area contributed by atoms with E-state index in [1.165, 1.54) is 0 Å². The van der Waals surface area contributed by atoms with E-state index in [4.69, 9.17) is 15.0 Å². The van der Waals surface area contributed by atoms with Gasteiger partial charge in [-0.25, -0.2) is 14.0 Å². The number of alkyl halides is 3. The quantitative estimate of drug-likeness (QED) is 0.566. The van der Waals surface area contributed by atoms with Gasteiger partial charge in [-0.1, -0.05) is 0 Å². The number of rotatable bonds is 0. The van der Waals surface area contributed by atoms with Crippen molar-refractivity contribution in [2.75, 3.05) is 6.61 Å². The molecule has 0 aliphatic carbocycles. The van der Waals surface area contributed by atoms with E-state index in [1.54, 1.807) is 0 Å². The maximum absolute atomic E-state index is 11.9. The number of cyclic esters (lactones) is 1. The van der Waals surface area contributed by atoms with Gasteiger partial charge in [0.2, 0.25) is 6.17 Å². The summed E-state index contributed by atoms with van der Waals surface area (Å²) < 4.78 is 39.3. The molecule has 1 aliphatic rings. The van der Waals surface area contributed by atoms with Crippen LogP contribution in [0.5, 0.6) is 0 Å². The van der Waals surface area contributed by atoms with Crippen LogP contribution in [0.15, 0.2) is 0 Å². The minimum Gasteiger partial charge on any atom is -0.458 e. The predicted molar refractivity (Wildman–Crippen MR) is 31.5 cm³/mol. The molecule has 0 spiro atoms. The Labute approximate surface area is 69.7 Å². The van der Waals surface area contributed by atoms with Crippen molar-refractivity contribution in [1.82, 2.24) is 0 Å². The average Bonchev–Trinajstić information content (AvgIpc) is 2.15. The van der Waals surface area contributed by atoms with Crippen LogP contribution in [0.1, 0.15) is 0 Å². The normalized spacial score (nSPS) is 24.2. The third-order valence-corrected chi connectivity index (χ3v) is 1.03. The Morgan fingerprint density at radius 1 is 1.54 bits per heavy atom. The molecule has 2 N–H and O–H groups in total. The average molecular weight is 202 g/mol. The molecule has 13 heavy (non-hydrogen) atoms. The first-order chi connectivity index (χ1) is 5.78. The lowest BCUT2D eigenvalue weighted by molar-refractivity contribution is -0.160. The van der Waals surface area contributed by atoms with Crippen LogP contribution in [-0.2, 0) is 9.53 Å². The third-order valence-electron chi connectivity index (χ3n) is 1.03. The van der Waals surface area contributed by atoms with Gasteiger partial charge in [-0.2, -0.15) is 8.78 Å². The monoisotopic (exact) mass is 202 g/mol. The van der Waals surface area contributed by atoms with Crippen LogP contribution in [0.2, 0.25) is 0 Å². The summed E-state index contributed by atoms with van der Waals surface area (Å²) in [5.41, 5.74) is 0. The number of carbonyl (C=O) groups is 2. The number of ether oxygens (including phenoxy) is 1. The van der Waals surface area contributed by atoms with Crippen molar-refractivity contribution in [3.63, 3.8) is 0 Å². The van der Waals surface area contributed by atoms with Crippen molar-refractivity contribution < 1.29 is 37.7 Å². The first-order valence-electron chi connectivity index (χ1n) is 2.89. The minimum absolute atomic E-state index is 0.828. The van der Waals surface area contributed by atoms with Crippen LogP contribution < -0.4 is 0 Å². The number of halogens is 3. The van der Waals surface area contributed by atoms with Gasteiger partial charge in [0, 0.05) is 0 Å². The summed E-state index contributed by atoms with van der Waals surface area (Å²) in [5, 5.41) is 13.9. The zero-order chi connectivity index (χ0) is 10.6. The van der Waals surface area contributed by atoms with Gasteiger partial charge < -0.3 is 14.9 Å². The molecule has 8 heteroatoms. The second-order valence-electron chi connectivity index (χ2n) is 1.97. The summed E-state index contributed by atoms with van der Waals surface area (Å²) in [5.74, 6) is -5.69. The predicted octanol–water partition coefficient (Wildman–Crippen LogP) is 0.739. The van der Waals surface area contributed by atoms with Gasteiger partial charge >= 0.3 is 18.0 Å². The molecule has 1 aliphatic heterocycles. The zero-order valence-electron chi connectivity index (χ0n) is 6.04. The minimum atomic E-state index is -3.92. The number of carbonyl (C=O) groups excluding carboxylic acids is 1. The molecule has 1 unspecified atom stereocenters. The topological polar surface area (TPSA) is 83.8 Å². The molecule has 1 saturated heterocycles. The molecule has 0 bridgehead atoms. The fraction of sp³-hybridized carbons (Fsp3) is 0.600. The summed E-state index contributed by atoms with van der Waals surface area (Å²) in [4.78, 5) is 18.4. The number of esters is 1. The molecule has 0 saturated carbocycles. The van der Waals surface area contributed by atoms with Crippen LogP contribution in [0.3, 0.4) is 0 Å². The van der Waals surface area contributed by atoms with Crippen LogP contribution >= 0.6 is 0 Å². The zero-order valence-corrected chi connectivity index (χ0v) is 6.04. The Kier molecular flexibility index (Phi) is 3.52. The van der Waals surface area contributed by atoms with E-state index in [0.29, 0.717) is 0 Å². The van der Waals surface area contributed by atoms with Gasteiger partial charge in [0.05, 0.1) is 0 Å². The van der Waals surface area contributed by atoms with Crippen molar-refractivity contribution in [2.45, 2.75) is 12.1 Å². The van der Waals surface area contributed by atoms with E-state index in [0.717, 1.165) is 0 Å². The van der Waals surface area contributed by atoms with Gasteiger partial charge in [0.1, 0.15) is 6.61 Å². The van der Waals surface area contributed by atoms with Gasteiger partial charge in [-0.3, -0.25) is 0 Å². The molecule has 0 amide bonds. The molecule has 1 rings (SSSR count). The number of hydrogen-bond donors (Lipinski definition) is 2. The molecular formula is C5H5F3O5. The van der Waals surface area contributed by atoms with E-state index in [9.17, 15) is 18.0 Å². The second kappa shape index (κ2) is 3.97. The highest BCUT2D eigenvalue weighted by atomic mass is 19.3. The Balaban J connectivity index is 0.000000310. The molecule has 0 radical (unpaired) electrons. The number of carboxylic acid groups (broad SMARTS) is 2. The summed E-state index contributed by atoms with van der Waals surface area (Å²) in [6.07, 6.45) is -4.30. The van der Waals surface area contributed by atoms with E-state index in [1.807, 2.05) is 0 Å². The van der Waals surface area contributed by atoms with Crippen molar-refractivity contribution >= 4 is 12.1 Å². The van der Waals surface area contributed by atoms with Gasteiger partial charge in [0.15, 0.2) is 0 Å². The van der Waals surface area contributed by atoms with Gasteiger partial charge in [-0.05, 0) is 0 Å². The SMILES string of the molecule is O=C(O)O.O=C1OCC(F)C1(F)F. The molecule has 5 nitrogen and oxygen atoms in total. The van der Waals surface area contributed by atoms with E-state index < -0.39 is 30.8 Å². The van der Waals surface area contributed by atoms with Crippen LogP contribution in [0.4, 0.5) is 18.0 Å². The van der Waals surface area contributed by atoms with Crippen molar-refractivity contribution in [3.8, 4) is 0 Å². The van der Waals surface area contributed by atoms with Crippen molar-refractivity contribution in [1.29, 1.82) is 0 Å². The Morgan fingerprint density at radius 2 is 1.92 bits per heavy atom. The molecule has 1 fully saturated rings. The lowest BCUT2D eigenvalue weighted by Gasteiger charge is -2.02. The van der Waals surface area contributed by atoms with Gasteiger partial charge in [-0.15, -0.1) is 0 Å². The standard InChI is InChI=1S/C4H3F3O2.CH2O3/c5-2-1-9-3(8)4(2,6)7;2-1(3)4/h2H,1H2;(H2,2,3,4). The molecule has 1 atom stereocenters. The fourth-order valence-electron chi connectivity index (χ4n) is 0.478. The maximum Gasteiger partial charge on any atom is 0.503 e. The molecule has 1 heterocycles. The first-order valence-corrected chi connectivity index (χ1v) is 2.89. The summed E-state index contributed by atoms with van der Waals surface area (Å²) in [6.45, 7) is -0.828. The largest absolute Gasteiger partial charge is 0.503 e. The summed E-state index contributed by atoms with van der Waals surface area (Å²) >= 11 is 0. The van der Waals surface area contributed by atoms with Crippen LogP contribution in [0, 0.1) is 0 Å². The first kappa shape index (κ1) is 11.5. The lowest BCUT2D eigenvalue weighted by Crippen LogP contribution is -2.31. The van der Waals surface area contributed by atoms with E-state index in [2.05, 4.69) is 4.74 Å². The van der Waals surface area contributed by atoms with Gasteiger partial charge in [0.25, 0.3) is 0 Å². The Hall–Kier alpha value is -1.47. The van der Waals surface area contributed by atoms with Crippen LogP contribution in [-0.4, -0.2) is 41.0 Å². The fourth-order valence-corrected chi connectivity index (χ4v) is 0.478. The lowest BCUT2D eigenvalue weighted by atomic mass is 10.3. The number of hydrogen-bond acceptors (Lipinski definition) is 3.